The predicted molar refractivity (Wildman–Crippen MR) is 107 cm³/mol. The Kier molecular flexibility index (Phi) is 5.59. The van der Waals surface area contributed by atoms with E-state index in [1.807, 2.05) is 18.2 Å². The normalized spacial score (nSPS) is 18.7. The first-order chi connectivity index (χ1) is 14.1. The average Bonchev–Trinajstić information content (AvgIpc) is 3.34. The molecule has 152 valence electrons. The molecule has 0 saturated carbocycles. The number of quaternary nitrogens is 1. The van der Waals surface area contributed by atoms with Crippen LogP contribution in [0.4, 0.5) is 4.39 Å². The molecule has 29 heavy (non-hydrogen) atoms. The maximum atomic E-state index is 13.6. The molecule has 0 radical (unpaired) electrons. The zero-order valence-electron chi connectivity index (χ0n) is 16.3. The average molecular weight is 417 g/mol. The van der Waals surface area contributed by atoms with Crippen LogP contribution in [0.1, 0.15) is 24.4 Å². The Morgan fingerprint density at radius 1 is 1.17 bits per heavy atom. The maximum Gasteiger partial charge on any atom is 0.225 e. The number of hydrogen-bond acceptors (Lipinski definition) is 5. The lowest BCUT2D eigenvalue weighted by atomic mass is 10.0. The summed E-state index contributed by atoms with van der Waals surface area (Å²) in [6.45, 7) is 1.55. The highest BCUT2D eigenvalue weighted by Gasteiger charge is 2.33. The van der Waals surface area contributed by atoms with Crippen molar-refractivity contribution in [2.24, 2.45) is 0 Å². The lowest BCUT2D eigenvalue weighted by Gasteiger charge is -2.23. The third-order valence-corrected chi connectivity index (χ3v) is 5.72. The van der Waals surface area contributed by atoms with Crippen molar-refractivity contribution in [1.82, 2.24) is 19.8 Å². The molecule has 1 aliphatic rings. The van der Waals surface area contributed by atoms with Crippen molar-refractivity contribution < 1.29 is 18.8 Å². The molecule has 1 aliphatic heterocycles. The third-order valence-electron chi connectivity index (χ3n) is 5.34. The Bertz CT molecular complexity index is 1070. The molecule has 9 heteroatoms. The highest BCUT2D eigenvalue weighted by atomic mass is 32.1. The third kappa shape index (κ3) is 3.88. The number of tetrazole rings is 1. The van der Waals surface area contributed by atoms with Crippen LogP contribution in [0.15, 0.2) is 42.5 Å². The van der Waals surface area contributed by atoms with E-state index in [4.69, 9.17) is 21.7 Å². The van der Waals surface area contributed by atoms with E-state index in [0.29, 0.717) is 17.1 Å². The van der Waals surface area contributed by atoms with Crippen molar-refractivity contribution in [1.29, 1.82) is 0 Å². The maximum absolute atomic E-state index is 13.6. The second-order valence-electron chi connectivity index (χ2n) is 7.02. The zero-order valence-corrected chi connectivity index (χ0v) is 17.2. The highest BCUT2D eigenvalue weighted by Crippen LogP contribution is 2.31. The van der Waals surface area contributed by atoms with E-state index in [1.165, 1.54) is 21.7 Å². The van der Waals surface area contributed by atoms with Gasteiger partial charge in [0.05, 0.1) is 32.0 Å². The van der Waals surface area contributed by atoms with Crippen LogP contribution in [0.25, 0.3) is 5.69 Å². The van der Waals surface area contributed by atoms with Gasteiger partial charge >= 0.3 is 0 Å². The van der Waals surface area contributed by atoms with Crippen LogP contribution in [-0.2, 0) is 6.67 Å². The van der Waals surface area contributed by atoms with Gasteiger partial charge in [0.25, 0.3) is 0 Å². The number of nitrogens with zero attached hydrogens (tertiary/aromatic N) is 4. The summed E-state index contributed by atoms with van der Waals surface area (Å²) in [7, 11) is 3.34. The fraction of sp³-hybridized carbons (Fsp3) is 0.350. The molecule has 1 aromatic heterocycles. The van der Waals surface area contributed by atoms with Crippen molar-refractivity contribution in [2.75, 3.05) is 20.8 Å². The van der Waals surface area contributed by atoms with E-state index in [0.717, 1.165) is 36.4 Å². The summed E-state index contributed by atoms with van der Waals surface area (Å²) >= 11 is 5.55. The number of ether oxygens (including phenoxy) is 2. The van der Waals surface area contributed by atoms with Crippen LogP contribution in [-0.4, -0.2) is 40.6 Å². The number of rotatable bonds is 6. The van der Waals surface area contributed by atoms with Gasteiger partial charge in [0.2, 0.25) is 4.77 Å². The summed E-state index contributed by atoms with van der Waals surface area (Å²) in [5, 5.41) is 8.34. The predicted octanol–water partition coefficient (Wildman–Crippen LogP) is 2.33. The Balaban J connectivity index is 1.61. The zero-order chi connectivity index (χ0) is 20.4. The molecule has 4 rings (SSSR count). The van der Waals surface area contributed by atoms with Gasteiger partial charge in [-0.3, -0.25) is 0 Å². The number of hydrogen-bond donors (Lipinski definition) is 1. The Morgan fingerprint density at radius 2 is 2.03 bits per heavy atom. The smallest absolute Gasteiger partial charge is 0.225 e. The topological polar surface area (TPSA) is 58.5 Å². The molecule has 2 aromatic carbocycles. The van der Waals surface area contributed by atoms with Crippen LogP contribution in [0.5, 0.6) is 11.5 Å². The van der Waals surface area contributed by atoms with Crippen LogP contribution in [0.2, 0.25) is 0 Å². The monoisotopic (exact) mass is 416 g/mol. The molecule has 0 spiro atoms. The van der Waals surface area contributed by atoms with Crippen LogP contribution < -0.4 is 14.4 Å². The first-order valence-corrected chi connectivity index (χ1v) is 9.87. The first-order valence-electron chi connectivity index (χ1n) is 9.46. The van der Waals surface area contributed by atoms with Crippen molar-refractivity contribution in [3.63, 3.8) is 0 Å². The fourth-order valence-electron chi connectivity index (χ4n) is 3.92. The fourth-order valence-corrected chi connectivity index (χ4v) is 4.17. The molecule has 2 heterocycles. The van der Waals surface area contributed by atoms with Crippen molar-refractivity contribution in [2.45, 2.75) is 25.6 Å². The SMILES string of the molecule is COc1ccc(OC)c([C@@H]2CCC[NH+]2Cn2nnn(-c3cccc(F)c3)c2=S)c1. The second kappa shape index (κ2) is 8.30. The summed E-state index contributed by atoms with van der Waals surface area (Å²) in [5.74, 6) is 1.32. The summed E-state index contributed by atoms with van der Waals surface area (Å²) in [5.41, 5.74) is 1.67. The number of nitrogens with one attached hydrogen (secondary N) is 1. The van der Waals surface area contributed by atoms with Crippen molar-refractivity contribution >= 4 is 12.2 Å². The molecule has 7 nitrogen and oxygen atoms in total. The van der Waals surface area contributed by atoms with Gasteiger partial charge in [-0.2, -0.15) is 9.36 Å². The van der Waals surface area contributed by atoms with E-state index in [1.54, 1.807) is 31.0 Å². The van der Waals surface area contributed by atoms with Crippen molar-refractivity contribution in [3.8, 4) is 17.2 Å². The number of likely N-dealkylation sites (tertiary alicyclic amines) is 1. The number of halogens is 1. The molecular weight excluding hydrogens is 393 g/mol. The quantitative estimate of drug-likeness (QED) is 0.625. The van der Waals surface area contributed by atoms with E-state index < -0.39 is 0 Å². The van der Waals surface area contributed by atoms with Gasteiger partial charge in [-0.05, 0) is 59.0 Å². The largest absolute Gasteiger partial charge is 0.497 e. The Labute approximate surface area is 173 Å². The highest BCUT2D eigenvalue weighted by molar-refractivity contribution is 7.71. The molecule has 0 bridgehead atoms. The van der Waals surface area contributed by atoms with E-state index in [-0.39, 0.29) is 11.9 Å². The molecule has 2 atom stereocenters. The molecule has 1 saturated heterocycles. The Morgan fingerprint density at radius 3 is 2.79 bits per heavy atom. The second-order valence-corrected chi connectivity index (χ2v) is 7.39. The van der Waals surface area contributed by atoms with Crippen LogP contribution in [0, 0.1) is 10.6 Å². The first kappa shape index (κ1) is 19.5. The van der Waals surface area contributed by atoms with Crippen LogP contribution >= 0.6 is 12.2 Å². The summed E-state index contributed by atoms with van der Waals surface area (Å²) < 4.78 is 28.2. The van der Waals surface area contributed by atoms with Gasteiger partial charge in [0.1, 0.15) is 23.4 Å². The summed E-state index contributed by atoms with van der Waals surface area (Å²) in [6.07, 6.45) is 2.12. The molecule has 1 fully saturated rings. The van der Waals surface area contributed by atoms with Gasteiger partial charge in [-0.1, -0.05) is 6.07 Å². The molecule has 0 amide bonds. The van der Waals surface area contributed by atoms with Gasteiger partial charge < -0.3 is 14.4 Å². The number of methoxy groups -OCH3 is 2. The van der Waals surface area contributed by atoms with E-state index in [9.17, 15) is 4.39 Å². The van der Waals surface area contributed by atoms with Crippen LogP contribution in [0.3, 0.4) is 0 Å². The van der Waals surface area contributed by atoms with Gasteiger partial charge in [-0.15, -0.1) is 0 Å². The van der Waals surface area contributed by atoms with E-state index >= 15 is 0 Å². The minimum absolute atomic E-state index is 0.237. The molecular formula is C20H23FN5O2S+. The van der Waals surface area contributed by atoms with Gasteiger partial charge in [0.15, 0.2) is 6.67 Å². The molecule has 0 aliphatic carbocycles. The molecule has 1 unspecified atom stereocenters. The minimum Gasteiger partial charge on any atom is -0.497 e. The minimum atomic E-state index is -0.339. The summed E-state index contributed by atoms with van der Waals surface area (Å²) in [4.78, 5) is 1.32. The molecule has 3 aromatic rings. The standard InChI is InChI=1S/C20H22FN5O2S/c1-27-16-8-9-19(28-2)17(12-16)18-7-4-10-24(18)13-25-20(29)26(23-22-25)15-6-3-5-14(21)11-15/h3,5-6,8-9,11-12,18H,4,7,10,13H2,1-2H3/p+1/t18-/m0/s1. The van der Waals surface area contributed by atoms with Gasteiger partial charge in [0, 0.05) is 12.8 Å². The number of aromatic nitrogens is 4. The van der Waals surface area contributed by atoms with Gasteiger partial charge in [-0.25, -0.2) is 4.39 Å². The lowest BCUT2D eigenvalue weighted by molar-refractivity contribution is -0.941. The van der Waals surface area contributed by atoms with Crippen molar-refractivity contribution in [3.05, 3.63) is 58.6 Å². The Hall–Kier alpha value is -2.78. The lowest BCUT2D eigenvalue weighted by Crippen LogP contribution is -3.09. The number of benzene rings is 2. The summed E-state index contributed by atoms with van der Waals surface area (Å²) in [6, 6.07) is 12.3. The molecule has 1 N–H and O–H groups in total. The van der Waals surface area contributed by atoms with E-state index in [2.05, 4.69) is 10.4 Å².